The van der Waals surface area contributed by atoms with Gasteiger partial charge in [0.1, 0.15) is 0 Å². The maximum atomic E-state index is 11.9. The highest BCUT2D eigenvalue weighted by Crippen LogP contribution is 2.34. The van der Waals surface area contributed by atoms with Gasteiger partial charge in [-0.25, -0.2) is 0 Å². The maximum Gasteiger partial charge on any atom is 0.311 e. The molecule has 0 saturated carbocycles. The van der Waals surface area contributed by atoms with Crippen LogP contribution in [0.5, 0.6) is 5.75 Å². The van der Waals surface area contributed by atoms with Crippen LogP contribution in [-0.4, -0.2) is 5.97 Å². The van der Waals surface area contributed by atoms with Gasteiger partial charge in [-0.1, -0.05) is 98.1 Å². The predicted molar refractivity (Wildman–Crippen MR) is 126 cm³/mol. The van der Waals surface area contributed by atoms with Crippen molar-refractivity contribution >= 4 is 40.8 Å². The van der Waals surface area contributed by atoms with Crippen LogP contribution in [0.25, 0.3) is 0 Å². The van der Waals surface area contributed by atoms with E-state index in [1.165, 1.54) is 50.7 Å². The Labute approximate surface area is 191 Å². The highest BCUT2D eigenvalue weighted by molar-refractivity contribution is 6.43. The normalized spacial score (nSPS) is 11.6. The van der Waals surface area contributed by atoms with Gasteiger partial charge in [0.15, 0.2) is 5.75 Å². The van der Waals surface area contributed by atoms with Crippen LogP contribution >= 0.6 is 34.8 Å². The van der Waals surface area contributed by atoms with Crippen molar-refractivity contribution in [2.24, 2.45) is 0 Å². The van der Waals surface area contributed by atoms with Crippen molar-refractivity contribution in [1.29, 1.82) is 0 Å². The third-order valence-electron chi connectivity index (χ3n) is 4.53. The average molecular weight is 460 g/mol. The largest absolute Gasteiger partial charge is 0.425 e. The van der Waals surface area contributed by atoms with E-state index in [-0.39, 0.29) is 16.7 Å². The minimum absolute atomic E-state index is 0.258. The fourth-order valence-electron chi connectivity index (χ4n) is 2.84. The van der Waals surface area contributed by atoms with Crippen molar-refractivity contribution in [2.75, 3.05) is 0 Å². The van der Waals surface area contributed by atoms with Gasteiger partial charge < -0.3 is 4.74 Å². The molecule has 162 valence electrons. The molecule has 0 fully saturated rings. The van der Waals surface area contributed by atoms with Crippen LogP contribution in [0, 0.1) is 0 Å². The van der Waals surface area contributed by atoms with Gasteiger partial charge in [0.2, 0.25) is 0 Å². The van der Waals surface area contributed by atoms with Gasteiger partial charge in [0.25, 0.3) is 0 Å². The van der Waals surface area contributed by atoms with Crippen LogP contribution in [0.15, 0.2) is 36.4 Å². The summed E-state index contributed by atoms with van der Waals surface area (Å²) in [5.74, 6) is -0.0374. The maximum absolute atomic E-state index is 11.9. The summed E-state index contributed by atoms with van der Waals surface area (Å²) in [5, 5.41) is 0.939. The van der Waals surface area contributed by atoms with E-state index < -0.39 is 0 Å². The second kappa shape index (κ2) is 16.8. The zero-order chi connectivity index (χ0) is 21.3. The summed E-state index contributed by atoms with van der Waals surface area (Å²) in [6, 6.07) is 2.95. The summed E-state index contributed by atoms with van der Waals surface area (Å²) in [6.45, 7) is 2.23. The SMILES string of the molecule is CCCCC/C=C\C/C=C\CCCCCCCC(=O)Oc1cc(Cl)c(Cl)cc1Cl. The molecule has 5 heteroatoms. The lowest BCUT2D eigenvalue weighted by molar-refractivity contribution is -0.134. The number of rotatable bonds is 15. The second-order valence-electron chi connectivity index (χ2n) is 7.15. The number of ether oxygens (including phenoxy) is 1. The molecule has 0 spiro atoms. The number of hydrogen-bond donors (Lipinski definition) is 0. The van der Waals surface area contributed by atoms with Crippen molar-refractivity contribution in [3.63, 3.8) is 0 Å². The first-order valence-electron chi connectivity index (χ1n) is 10.7. The Hall–Kier alpha value is -0.960. The topological polar surface area (TPSA) is 26.3 Å². The fourth-order valence-corrected chi connectivity index (χ4v) is 3.41. The van der Waals surface area contributed by atoms with E-state index >= 15 is 0 Å². The van der Waals surface area contributed by atoms with E-state index in [1.54, 1.807) is 0 Å². The molecular formula is C24H33Cl3O2. The van der Waals surface area contributed by atoms with E-state index in [0.29, 0.717) is 16.5 Å². The molecule has 0 radical (unpaired) electrons. The minimum atomic E-state index is -0.295. The quantitative estimate of drug-likeness (QED) is 0.0858. The molecule has 0 bridgehead atoms. The molecule has 0 unspecified atom stereocenters. The number of benzene rings is 1. The van der Waals surface area contributed by atoms with Crippen LogP contribution in [0.2, 0.25) is 15.1 Å². The van der Waals surface area contributed by atoms with Gasteiger partial charge in [0.05, 0.1) is 15.1 Å². The van der Waals surface area contributed by atoms with Crippen molar-refractivity contribution in [3.8, 4) is 5.75 Å². The molecule has 0 atom stereocenters. The van der Waals surface area contributed by atoms with E-state index in [1.807, 2.05) is 0 Å². The van der Waals surface area contributed by atoms with Gasteiger partial charge in [-0.15, -0.1) is 0 Å². The van der Waals surface area contributed by atoms with Crippen molar-refractivity contribution < 1.29 is 9.53 Å². The van der Waals surface area contributed by atoms with Gasteiger partial charge in [0, 0.05) is 12.5 Å². The van der Waals surface area contributed by atoms with Crippen LogP contribution in [0.3, 0.4) is 0 Å². The fraction of sp³-hybridized carbons (Fsp3) is 0.542. The first-order chi connectivity index (χ1) is 14.0. The van der Waals surface area contributed by atoms with Crippen molar-refractivity contribution in [3.05, 3.63) is 51.5 Å². The molecule has 0 heterocycles. The van der Waals surface area contributed by atoms with Crippen molar-refractivity contribution in [1.82, 2.24) is 0 Å². The lowest BCUT2D eigenvalue weighted by Crippen LogP contribution is -2.07. The molecule has 0 aliphatic heterocycles. The molecule has 0 saturated heterocycles. The summed E-state index contributed by atoms with van der Waals surface area (Å²) in [6.07, 6.45) is 22.1. The number of carbonyl (C=O) groups excluding carboxylic acids is 1. The number of hydrogen-bond acceptors (Lipinski definition) is 2. The summed E-state index contributed by atoms with van der Waals surface area (Å²) >= 11 is 17.8. The standard InChI is InChI=1S/C24H33Cl3O2/c1-2-3-4-5-6-7-8-9-10-11-12-13-14-15-16-17-24(28)29-23-19-21(26)20(25)18-22(23)27/h6-7,9-10,18-19H,2-5,8,11-17H2,1H3/b7-6-,10-9-. The zero-order valence-corrected chi connectivity index (χ0v) is 19.7. The highest BCUT2D eigenvalue weighted by atomic mass is 35.5. The van der Waals surface area contributed by atoms with E-state index in [4.69, 9.17) is 39.5 Å². The summed E-state index contributed by atoms with van der Waals surface area (Å²) < 4.78 is 5.27. The Morgan fingerprint density at radius 3 is 2.07 bits per heavy atom. The molecule has 1 aromatic rings. The molecule has 0 amide bonds. The third kappa shape index (κ3) is 13.1. The van der Waals surface area contributed by atoms with E-state index in [9.17, 15) is 4.79 Å². The molecule has 2 nitrogen and oxygen atoms in total. The molecule has 0 aliphatic rings. The van der Waals surface area contributed by atoms with Crippen LogP contribution in [0.4, 0.5) is 0 Å². The van der Waals surface area contributed by atoms with Crippen LogP contribution in [-0.2, 0) is 4.79 Å². The lowest BCUT2D eigenvalue weighted by atomic mass is 10.1. The Morgan fingerprint density at radius 2 is 1.38 bits per heavy atom. The predicted octanol–water partition coefficient (Wildman–Crippen LogP) is 9.37. The molecule has 1 aromatic carbocycles. The second-order valence-corrected chi connectivity index (χ2v) is 8.37. The third-order valence-corrected chi connectivity index (χ3v) is 5.55. The van der Waals surface area contributed by atoms with E-state index in [0.717, 1.165) is 32.1 Å². The molecule has 0 N–H and O–H groups in total. The minimum Gasteiger partial charge on any atom is -0.425 e. The van der Waals surface area contributed by atoms with Gasteiger partial charge >= 0.3 is 5.97 Å². The first-order valence-corrected chi connectivity index (χ1v) is 11.8. The van der Waals surface area contributed by atoms with Crippen LogP contribution in [0.1, 0.15) is 84.0 Å². The highest BCUT2D eigenvalue weighted by Gasteiger charge is 2.11. The molecule has 29 heavy (non-hydrogen) atoms. The number of esters is 1. The number of carbonyl (C=O) groups is 1. The number of unbranched alkanes of at least 4 members (excludes halogenated alkanes) is 8. The van der Waals surface area contributed by atoms with E-state index in [2.05, 4.69) is 31.2 Å². The smallest absolute Gasteiger partial charge is 0.311 e. The number of allylic oxidation sites excluding steroid dienone is 4. The van der Waals surface area contributed by atoms with Crippen LogP contribution < -0.4 is 4.74 Å². The number of halogens is 3. The zero-order valence-electron chi connectivity index (χ0n) is 17.4. The Bertz CT molecular complexity index is 654. The Morgan fingerprint density at radius 1 is 0.793 bits per heavy atom. The monoisotopic (exact) mass is 458 g/mol. The summed E-state index contributed by atoms with van der Waals surface area (Å²) in [4.78, 5) is 11.9. The molecule has 0 aromatic heterocycles. The van der Waals surface area contributed by atoms with Gasteiger partial charge in [-0.2, -0.15) is 0 Å². The van der Waals surface area contributed by atoms with Crippen molar-refractivity contribution in [2.45, 2.75) is 84.0 Å². The molecule has 1 rings (SSSR count). The molecular weight excluding hydrogens is 427 g/mol. The Kier molecular flexibility index (Phi) is 15.1. The lowest BCUT2D eigenvalue weighted by Gasteiger charge is -2.07. The van der Waals surface area contributed by atoms with Gasteiger partial charge in [-0.05, 0) is 44.6 Å². The Balaban J connectivity index is 2.01. The molecule has 0 aliphatic carbocycles. The first kappa shape index (κ1) is 26.1. The average Bonchev–Trinajstić information content (AvgIpc) is 2.69. The van der Waals surface area contributed by atoms with Gasteiger partial charge in [-0.3, -0.25) is 4.79 Å². The summed E-state index contributed by atoms with van der Waals surface area (Å²) in [5.41, 5.74) is 0. The summed E-state index contributed by atoms with van der Waals surface area (Å²) in [7, 11) is 0.